The van der Waals surface area contributed by atoms with E-state index < -0.39 is 10.0 Å². The zero-order valence-corrected chi connectivity index (χ0v) is 29.3. The van der Waals surface area contributed by atoms with E-state index >= 15 is 0 Å². The molecule has 0 spiro atoms. The molecule has 5 aromatic rings. The van der Waals surface area contributed by atoms with Crippen molar-refractivity contribution in [2.24, 2.45) is 7.05 Å². The van der Waals surface area contributed by atoms with Crippen molar-refractivity contribution in [2.75, 3.05) is 43.9 Å². The number of benzene rings is 3. The average molecular weight is 702 g/mol. The number of aromatic nitrogens is 2. The van der Waals surface area contributed by atoms with Gasteiger partial charge in [0.1, 0.15) is 12.8 Å². The lowest BCUT2D eigenvalue weighted by molar-refractivity contribution is -0.651. The van der Waals surface area contributed by atoms with Crippen LogP contribution in [0.1, 0.15) is 24.2 Å². The van der Waals surface area contributed by atoms with Crippen molar-refractivity contribution in [2.45, 2.75) is 31.6 Å². The van der Waals surface area contributed by atoms with Crippen molar-refractivity contribution in [3.8, 4) is 5.75 Å². The summed E-state index contributed by atoms with van der Waals surface area (Å²) in [5.74, 6) is 0.595. The highest BCUT2D eigenvalue weighted by atomic mass is 35.5. The Morgan fingerprint density at radius 1 is 0.826 bits per heavy atom. The van der Waals surface area contributed by atoms with Gasteiger partial charge in [0.2, 0.25) is 15.5 Å². The summed E-state index contributed by atoms with van der Waals surface area (Å²) in [7, 11) is -0.211. The molecule has 0 bridgehead atoms. The number of anilines is 2. The van der Waals surface area contributed by atoms with Crippen LogP contribution >= 0.6 is 34.8 Å². The molecule has 46 heavy (non-hydrogen) atoms. The van der Waals surface area contributed by atoms with E-state index in [2.05, 4.69) is 26.3 Å². The Kier molecular flexibility index (Phi) is 10.8. The van der Waals surface area contributed by atoms with Gasteiger partial charge in [-0.2, -0.15) is 8.87 Å². The van der Waals surface area contributed by atoms with Crippen LogP contribution in [0.15, 0.2) is 71.6 Å². The highest BCUT2D eigenvalue weighted by Crippen LogP contribution is 2.32. The first-order valence-corrected chi connectivity index (χ1v) is 17.5. The quantitative estimate of drug-likeness (QED) is 0.0963. The molecule has 0 aliphatic heterocycles. The molecule has 2 heterocycles. The first-order chi connectivity index (χ1) is 22.0. The third-order valence-corrected chi connectivity index (χ3v) is 10.6. The average Bonchev–Trinajstić information content (AvgIpc) is 3.02. The third kappa shape index (κ3) is 7.61. The number of nitrogens with one attached hydrogen (secondary N) is 2. The molecule has 0 unspecified atom stereocenters. The van der Waals surface area contributed by atoms with Crippen molar-refractivity contribution >= 4 is 78.0 Å². The SMILES string of the molecule is COc1ccc(S(=O)(=O)N(CCCCNc2cc(C)nc3c(Cl)cc(Cl)cc23)CCNc2cc(C)[n+](C)c3ccc(Cl)cc23)cc1. The molecule has 0 aliphatic carbocycles. The van der Waals surface area contributed by atoms with Gasteiger partial charge in [-0.15, -0.1) is 0 Å². The fourth-order valence-electron chi connectivity index (χ4n) is 5.46. The lowest BCUT2D eigenvalue weighted by atomic mass is 10.1. The minimum absolute atomic E-state index is 0.221. The summed E-state index contributed by atoms with van der Waals surface area (Å²) in [5, 5.41) is 10.4. The molecule has 3 aromatic carbocycles. The van der Waals surface area contributed by atoms with Crippen LogP contribution in [0.2, 0.25) is 15.1 Å². The molecular weight excluding hydrogens is 665 g/mol. The Bertz CT molecular complexity index is 1990. The molecule has 12 heteroatoms. The second-order valence-corrected chi connectivity index (χ2v) is 14.4. The molecule has 0 saturated heterocycles. The Hall–Kier alpha value is -3.34. The number of rotatable bonds is 13. The summed E-state index contributed by atoms with van der Waals surface area (Å²) < 4.78 is 36.6. The van der Waals surface area contributed by atoms with Crippen LogP contribution in [-0.4, -0.2) is 51.0 Å². The molecule has 0 aliphatic rings. The molecule has 0 radical (unpaired) electrons. The summed E-state index contributed by atoms with van der Waals surface area (Å²) in [6, 6.07) is 19.8. The van der Waals surface area contributed by atoms with Crippen LogP contribution in [-0.2, 0) is 17.1 Å². The molecule has 0 saturated carbocycles. The van der Waals surface area contributed by atoms with Crippen LogP contribution in [0.25, 0.3) is 21.8 Å². The monoisotopic (exact) mass is 700 g/mol. The van der Waals surface area contributed by atoms with Crippen LogP contribution in [0.4, 0.5) is 11.4 Å². The third-order valence-electron chi connectivity index (χ3n) is 7.98. The predicted molar refractivity (Wildman–Crippen MR) is 189 cm³/mol. The van der Waals surface area contributed by atoms with Gasteiger partial charge in [0.05, 0.1) is 33.6 Å². The molecule has 8 nitrogen and oxygen atoms in total. The number of sulfonamides is 1. The van der Waals surface area contributed by atoms with E-state index in [1.165, 1.54) is 4.31 Å². The predicted octanol–water partition coefficient (Wildman–Crippen LogP) is 7.79. The number of halogens is 3. The van der Waals surface area contributed by atoms with Gasteiger partial charge < -0.3 is 15.4 Å². The summed E-state index contributed by atoms with van der Waals surface area (Å²) in [4.78, 5) is 4.79. The Morgan fingerprint density at radius 3 is 2.26 bits per heavy atom. The van der Waals surface area contributed by atoms with Crippen molar-refractivity contribution < 1.29 is 17.7 Å². The molecule has 2 aromatic heterocycles. The minimum Gasteiger partial charge on any atom is -0.497 e. The van der Waals surface area contributed by atoms with Gasteiger partial charge in [0.25, 0.3) is 0 Å². The zero-order chi connectivity index (χ0) is 33.0. The number of aryl methyl sites for hydroxylation is 3. The zero-order valence-electron chi connectivity index (χ0n) is 26.2. The fraction of sp³-hybridized carbons (Fsp3) is 0.294. The van der Waals surface area contributed by atoms with Crippen LogP contribution < -0.4 is 19.9 Å². The molecule has 0 amide bonds. The van der Waals surface area contributed by atoms with E-state index in [9.17, 15) is 8.42 Å². The van der Waals surface area contributed by atoms with Gasteiger partial charge in [-0.25, -0.2) is 8.42 Å². The van der Waals surface area contributed by atoms with Gasteiger partial charge in [0.15, 0.2) is 5.69 Å². The first kappa shape index (κ1) is 34.0. The van der Waals surface area contributed by atoms with Crippen molar-refractivity contribution in [1.29, 1.82) is 0 Å². The first-order valence-electron chi connectivity index (χ1n) is 14.9. The number of methoxy groups -OCH3 is 1. The van der Waals surface area contributed by atoms with Gasteiger partial charge >= 0.3 is 0 Å². The lowest BCUT2D eigenvalue weighted by Crippen LogP contribution is -2.36. The molecule has 5 rings (SSSR count). The highest BCUT2D eigenvalue weighted by Gasteiger charge is 2.24. The number of pyridine rings is 2. The molecule has 242 valence electrons. The number of hydrogen-bond acceptors (Lipinski definition) is 6. The van der Waals surface area contributed by atoms with Crippen LogP contribution in [0.3, 0.4) is 0 Å². The maximum absolute atomic E-state index is 13.9. The Morgan fingerprint density at radius 2 is 1.52 bits per heavy atom. The maximum atomic E-state index is 13.9. The largest absolute Gasteiger partial charge is 0.497 e. The topological polar surface area (TPSA) is 87.4 Å². The van der Waals surface area contributed by atoms with E-state index in [1.54, 1.807) is 37.4 Å². The summed E-state index contributed by atoms with van der Waals surface area (Å²) in [6.45, 7) is 5.61. The number of hydrogen-bond donors (Lipinski definition) is 2. The standard InChI is InChI=1S/C34H36Cl3N5O3S/c1-22-17-31(29-20-25(36)21-30(37)34(29)40-22)38-13-5-6-15-42(46(43,44)27-10-8-26(45-4)9-11-27)16-14-39-32-18-23(2)41(3)33-12-7-24(35)19-28(32)33/h7-12,17-21H,5-6,13-16H2,1-4H3,(H,38,40)/p+1. The van der Waals surface area contributed by atoms with Gasteiger partial charge in [-0.05, 0) is 74.4 Å². The van der Waals surface area contributed by atoms with Crippen LogP contribution in [0, 0.1) is 13.8 Å². The van der Waals surface area contributed by atoms with E-state index in [4.69, 9.17) is 39.5 Å². The van der Waals surface area contributed by atoms with E-state index in [0.29, 0.717) is 52.4 Å². The smallest absolute Gasteiger partial charge is 0.243 e. The van der Waals surface area contributed by atoms with E-state index in [0.717, 1.165) is 45.5 Å². The lowest BCUT2D eigenvalue weighted by Gasteiger charge is -2.23. The highest BCUT2D eigenvalue weighted by molar-refractivity contribution is 7.89. The second kappa shape index (κ2) is 14.6. The Labute approximate surface area is 285 Å². The number of nitrogens with zero attached hydrogens (tertiary/aromatic N) is 3. The van der Waals surface area contributed by atoms with Crippen LogP contribution in [0.5, 0.6) is 5.75 Å². The van der Waals surface area contributed by atoms with Gasteiger partial charge in [0, 0.05) is 72.0 Å². The van der Waals surface area contributed by atoms with Gasteiger partial charge in [-0.1, -0.05) is 34.8 Å². The summed E-state index contributed by atoms with van der Waals surface area (Å²) in [5.41, 5.74) is 5.41. The molecule has 2 N–H and O–H groups in total. The second-order valence-electron chi connectivity index (χ2n) is 11.2. The summed E-state index contributed by atoms with van der Waals surface area (Å²) >= 11 is 19.0. The van der Waals surface area contributed by atoms with Crippen molar-refractivity contribution in [3.05, 3.63) is 93.2 Å². The maximum Gasteiger partial charge on any atom is 0.243 e. The van der Waals surface area contributed by atoms with E-state index in [1.807, 2.05) is 51.2 Å². The number of unbranched alkanes of at least 4 members (excludes halogenated alkanes) is 1. The van der Waals surface area contributed by atoms with Crippen molar-refractivity contribution in [3.63, 3.8) is 0 Å². The van der Waals surface area contributed by atoms with Crippen molar-refractivity contribution in [1.82, 2.24) is 9.29 Å². The molecule has 0 atom stereocenters. The normalized spacial score (nSPS) is 11.8. The van der Waals surface area contributed by atoms with E-state index in [-0.39, 0.29) is 11.4 Å². The number of fused-ring (bicyclic) bond motifs is 2. The molecule has 0 fully saturated rings. The fourth-order valence-corrected chi connectivity index (χ4v) is 7.65. The van der Waals surface area contributed by atoms with Gasteiger partial charge in [-0.3, -0.25) is 4.98 Å². The summed E-state index contributed by atoms with van der Waals surface area (Å²) in [6.07, 6.45) is 1.38. The molecular formula is C34H37Cl3N5O3S+. The Balaban J connectivity index is 1.30. The minimum atomic E-state index is -3.77. The number of ether oxygens (including phenoxy) is 1.